The van der Waals surface area contributed by atoms with Crippen molar-refractivity contribution in [1.29, 1.82) is 0 Å². The summed E-state index contributed by atoms with van der Waals surface area (Å²) >= 11 is 1.30. The quantitative estimate of drug-likeness (QED) is 0.356. The lowest BCUT2D eigenvalue weighted by molar-refractivity contribution is -0.115. The van der Waals surface area contributed by atoms with E-state index in [1.165, 1.54) is 11.8 Å². The molecule has 3 aromatic carbocycles. The van der Waals surface area contributed by atoms with Crippen molar-refractivity contribution in [2.75, 3.05) is 5.32 Å². The highest BCUT2D eigenvalue weighted by atomic mass is 32.2. The number of thioether (sulfide) groups is 1. The Bertz CT molecular complexity index is 1290. The number of hydrogen-bond donors (Lipinski definition) is 1. The van der Waals surface area contributed by atoms with E-state index < -0.39 is 5.25 Å². The van der Waals surface area contributed by atoms with Crippen molar-refractivity contribution in [2.45, 2.75) is 37.2 Å². The van der Waals surface area contributed by atoms with E-state index in [4.69, 9.17) is 0 Å². The van der Waals surface area contributed by atoms with Crippen LogP contribution in [-0.4, -0.2) is 20.7 Å². The molecule has 0 saturated heterocycles. The summed E-state index contributed by atoms with van der Waals surface area (Å²) in [6.07, 6.45) is 0. The number of carbonyl (C=O) groups is 1. The Kier molecular flexibility index (Phi) is 5.59. The van der Waals surface area contributed by atoms with Gasteiger partial charge in [0.2, 0.25) is 5.91 Å². The molecule has 1 aromatic heterocycles. The fraction of sp³-hybridized carbons (Fsp3) is 0.208. The number of aromatic nitrogens is 2. The number of rotatable bonds is 5. The van der Waals surface area contributed by atoms with Gasteiger partial charge in [0.05, 0.1) is 16.2 Å². The highest BCUT2D eigenvalue weighted by molar-refractivity contribution is 8.00. The van der Waals surface area contributed by atoms with E-state index >= 15 is 0 Å². The minimum absolute atomic E-state index is 0.0644. The first kappa shape index (κ1) is 20.2. The number of nitrogens with one attached hydrogen (secondary N) is 1. The zero-order valence-electron chi connectivity index (χ0n) is 17.1. The van der Waals surface area contributed by atoms with Crippen LogP contribution < -0.4 is 10.9 Å². The second-order valence-electron chi connectivity index (χ2n) is 7.46. The van der Waals surface area contributed by atoms with Crippen molar-refractivity contribution >= 4 is 45.0 Å². The Morgan fingerprint density at radius 1 is 0.933 bits per heavy atom. The maximum atomic E-state index is 13.0. The molecule has 1 atom stereocenters. The standard InChI is InChI=1S/C24H23N3O2S/c1-15(2)27-23(29)19-12-6-7-13-21(19)26-24(27)30-16(3)22(28)25-20-14-8-10-17-9-4-5-11-18(17)20/h4-16H,1-3H3,(H,25,28)/t16-/m0/s1. The van der Waals surface area contributed by atoms with Crippen LogP contribution >= 0.6 is 11.8 Å². The second kappa shape index (κ2) is 8.32. The molecule has 0 fully saturated rings. The van der Waals surface area contributed by atoms with E-state index in [0.29, 0.717) is 16.1 Å². The fourth-order valence-corrected chi connectivity index (χ4v) is 4.48. The summed E-state index contributed by atoms with van der Waals surface area (Å²) in [4.78, 5) is 30.6. The summed E-state index contributed by atoms with van der Waals surface area (Å²) < 4.78 is 1.66. The molecule has 1 N–H and O–H groups in total. The lowest BCUT2D eigenvalue weighted by atomic mass is 10.1. The van der Waals surface area contributed by atoms with E-state index in [2.05, 4.69) is 10.3 Å². The van der Waals surface area contributed by atoms with Gasteiger partial charge in [0.15, 0.2) is 5.16 Å². The van der Waals surface area contributed by atoms with Crippen LogP contribution in [0.3, 0.4) is 0 Å². The molecule has 1 amide bonds. The summed E-state index contributed by atoms with van der Waals surface area (Å²) in [5.74, 6) is -0.130. The van der Waals surface area contributed by atoms with Gasteiger partial charge in [-0.3, -0.25) is 14.2 Å². The lowest BCUT2D eigenvalue weighted by Gasteiger charge is -2.19. The summed E-state index contributed by atoms with van der Waals surface area (Å²) in [7, 11) is 0. The highest BCUT2D eigenvalue weighted by Gasteiger charge is 2.21. The largest absolute Gasteiger partial charge is 0.325 e. The number of amides is 1. The van der Waals surface area contributed by atoms with Crippen LogP contribution in [0.1, 0.15) is 26.8 Å². The topological polar surface area (TPSA) is 64.0 Å². The van der Waals surface area contributed by atoms with Crippen LogP contribution in [0.25, 0.3) is 21.7 Å². The summed E-state index contributed by atoms with van der Waals surface area (Å²) in [5, 5.41) is 5.80. The van der Waals surface area contributed by atoms with Crippen molar-refractivity contribution in [3.63, 3.8) is 0 Å². The third-order valence-corrected chi connectivity index (χ3v) is 6.06. The van der Waals surface area contributed by atoms with Crippen molar-refractivity contribution in [1.82, 2.24) is 9.55 Å². The predicted octanol–water partition coefficient (Wildman–Crippen LogP) is 5.25. The molecule has 0 radical (unpaired) electrons. The SMILES string of the molecule is CC(C)n1c(S[C@@H](C)C(=O)Nc2cccc3ccccc23)nc2ccccc2c1=O. The Labute approximate surface area is 179 Å². The highest BCUT2D eigenvalue weighted by Crippen LogP contribution is 2.27. The van der Waals surface area contributed by atoms with Gasteiger partial charge in [-0.1, -0.05) is 60.3 Å². The minimum Gasteiger partial charge on any atom is -0.325 e. The van der Waals surface area contributed by atoms with Crippen molar-refractivity contribution in [3.05, 3.63) is 77.1 Å². The molecule has 152 valence electrons. The van der Waals surface area contributed by atoms with Crippen LogP contribution in [0.5, 0.6) is 0 Å². The van der Waals surface area contributed by atoms with Crippen molar-refractivity contribution in [2.24, 2.45) is 0 Å². The average molecular weight is 418 g/mol. The van der Waals surface area contributed by atoms with Crippen LogP contribution in [0, 0.1) is 0 Å². The first-order valence-electron chi connectivity index (χ1n) is 9.92. The molecule has 4 aromatic rings. The van der Waals surface area contributed by atoms with Crippen molar-refractivity contribution in [3.8, 4) is 0 Å². The van der Waals surface area contributed by atoms with Gasteiger partial charge in [0.25, 0.3) is 5.56 Å². The average Bonchev–Trinajstić information content (AvgIpc) is 2.74. The molecule has 0 unspecified atom stereocenters. The van der Waals surface area contributed by atoms with Gasteiger partial charge in [-0.2, -0.15) is 0 Å². The molecule has 30 heavy (non-hydrogen) atoms. The van der Waals surface area contributed by atoms with E-state index in [1.54, 1.807) is 10.6 Å². The van der Waals surface area contributed by atoms with Crippen molar-refractivity contribution < 1.29 is 4.79 Å². The normalized spacial score (nSPS) is 12.4. The van der Waals surface area contributed by atoms with Crippen LogP contribution in [0.15, 0.2) is 76.7 Å². The minimum atomic E-state index is -0.429. The first-order chi connectivity index (χ1) is 14.5. The molecule has 0 aliphatic carbocycles. The number of para-hydroxylation sites is 1. The van der Waals surface area contributed by atoms with Crippen LogP contribution in [-0.2, 0) is 4.79 Å². The monoisotopic (exact) mass is 417 g/mol. The lowest BCUT2D eigenvalue weighted by Crippen LogP contribution is -2.28. The van der Waals surface area contributed by atoms with Crippen LogP contribution in [0.2, 0.25) is 0 Å². The summed E-state index contributed by atoms with van der Waals surface area (Å²) in [5.41, 5.74) is 1.33. The number of carbonyl (C=O) groups excluding carboxylic acids is 1. The Balaban J connectivity index is 1.64. The van der Waals surface area contributed by atoms with Gasteiger partial charge in [-0.05, 0) is 44.4 Å². The number of anilines is 1. The van der Waals surface area contributed by atoms with Gasteiger partial charge in [-0.15, -0.1) is 0 Å². The van der Waals surface area contributed by atoms with Gasteiger partial charge in [0, 0.05) is 17.1 Å². The Morgan fingerprint density at radius 2 is 1.60 bits per heavy atom. The predicted molar refractivity (Wildman–Crippen MR) is 124 cm³/mol. The molecule has 0 bridgehead atoms. The molecular weight excluding hydrogens is 394 g/mol. The molecule has 0 aliphatic rings. The molecule has 1 heterocycles. The van der Waals surface area contributed by atoms with E-state index in [-0.39, 0.29) is 17.5 Å². The second-order valence-corrected chi connectivity index (χ2v) is 8.76. The van der Waals surface area contributed by atoms with Gasteiger partial charge in [0.1, 0.15) is 0 Å². The molecule has 4 rings (SSSR count). The third-order valence-electron chi connectivity index (χ3n) is 4.99. The Hall–Kier alpha value is -3.12. The molecule has 0 spiro atoms. The van der Waals surface area contributed by atoms with E-state index in [9.17, 15) is 9.59 Å². The number of fused-ring (bicyclic) bond motifs is 2. The Morgan fingerprint density at radius 3 is 2.37 bits per heavy atom. The van der Waals surface area contributed by atoms with E-state index in [0.717, 1.165) is 16.5 Å². The first-order valence-corrected chi connectivity index (χ1v) is 10.8. The number of hydrogen-bond acceptors (Lipinski definition) is 4. The molecule has 0 aliphatic heterocycles. The maximum Gasteiger partial charge on any atom is 0.262 e. The number of nitrogens with zero attached hydrogens (tertiary/aromatic N) is 2. The summed E-state index contributed by atoms with van der Waals surface area (Å²) in [6, 6.07) is 21.0. The van der Waals surface area contributed by atoms with Gasteiger partial charge in [-0.25, -0.2) is 4.98 Å². The zero-order valence-corrected chi connectivity index (χ0v) is 17.9. The molecular formula is C24H23N3O2S. The smallest absolute Gasteiger partial charge is 0.262 e. The zero-order chi connectivity index (χ0) is 21.3. The molecule has 6 heteroatoms. The number of benzene rings is 3. The maximum absolute atomic E-state index is 13.0. The van der Waals surface area contributed by atoms with Gasteiger partial charge >= 0.3 is 0 Å². The molecule has 5 nitrogen and oxygen atoms in total. The van der Waals surface area contributed by atoms with Gasteiger partial charge < -0.3 is 5.32 Å². The van der Waals surface area contributed by atoms with Crippen LogP contribution in [0.4, 0.5) is 5.69 Å². The molecule has 0 saturated carbocycles. The summed E-state index contributed by atoms with van der Waals surface area (Å²) in [6.45, 7) is 5.72. The fourth-order valence-electron chi connectivity index (χ4n) is 3.44. The van der Waals surface area contributed by atoms with E-state index in [1.807, 2.05) is 81.4 Å². The third kappa shape index (κ3) is 3.83.